The van der Waals surface area contributed by atoms with Gasteiger partial charge in [0, 0.05) is 6.04 Å². The molecule has 1 aliphatic rings. The number of ether oxygens (including phenoxy) is 1. The van der Waals surface area contributed by atoms with E-state index in [0.717, 1.165) is 19.3 Å². The van der Waals surface area contributed by atoms with Gasteiger partial charge in [-0.1, -0.05) is 6.42 Å². The van der Waals surface area contributed by atoms with Gasteiger partial charge in [0.15, 0.2) is 0 Å². The van der Waals surface area contributed by atoms with Gasteiger partial charge in [0.1, 0.15) is 5.82 Å². The number of rotatable bonds is 4. The smallest absolute Gasteiger partial charge is 0.339 e. The molecule has 2 atom stereocenters. The second kappa shape index (κ2) is 6.02. The van der Waals surface area contributed by atoms with Gasteiger partial charge in [0.05, 0.1) is 18.4 Å². The van der Waals surface area contributed by atoms with Crippen LogP contribution in [0.2, 0.25) is 0 Å². The van der Waals surface area contributed by atoms with Gasteiger partial charge in [0.2, 0.25) is 0 Å². The Kier molecular flexibility index (Phi) is 4.37. The van der Waals surface area contributed by atoms with Gasteiger partial charge in [0.25, 0.3) is 0 Å². The van der Waals surface area contributed by atoms with Crippen LogP contribution in [0.15, 0.2) is 18.2 Å². The zero-order valence-corrected chi connectivity index (χ0v) is 11.0. The average Bonchev–Trinajstić information content (AvgIpc) is 2.85. The summed E-state index contributed by atoms with van der Waals surface area (Å²) in [5, 5.41) is 3.25. The first kappa shape index (κ1) is 13.8. The molecule has 0 saturated heterocycles. The Hall–Kier alpha value is -1.62. The fourth-order valence-electron chi connectivity index (χ4n) is 2.63. The molecule has 1 fully saturated rings. The largest absolute Gasteiger partial charge is 0.465 e. The third kappa shape index (κ3) is 3.04. The van der Waals surface area contributed by atoms with Crippen molar-refractivity contribution in [2.45, 2.75) is 25.3 Å². The Morgan fingerprint density at radius 1 is 1.53 bits per heavy atom. The van der Waals surface area contributed by atoms with E-state index in [2.05, 4.69) is 5.32 Å². The molecule has 0 heterocycles. The van der Waals surface area contributed by atoms with Crippen LogP contribution in [0.1, 0.15) is 29.6 Å². The zero-order valence-electron chi connectivity index (χ0n) is 11.0. The molecule has 3 N–H and O–H groups in total. The predicted molar refractivity (Wildman–Crippen MR) is 71.5 cm³/mol. The number of nitrogens with two attached hydrogens (primary N) is 1. The number of esters is 1. The maximum atomic E-state index is 13.4. The van der Waals surface area contributed by atoms with Crippen LogP contribution in [-0.2, 0) is 4.74 Å². The van der Waals surface area contributed by atoms with Crippen LogP contribution in [0, 0.1) is 11.7 Å². The average molecular weight is 266 g/mol. The molecule has 4 nitrogen and oxygen atoms in total. The van der Waals surface area contributed by atoms with Gasteiger partial charge in [-0.3, -0.25) is 0 Å². The van der Waals surface area contributed by atoms with Crippen LogP contribution in [0.25, 0.3) is 0 Å². The van der Waals surface area contributed by atoms with E-state index in [9.17, 15) is 9.18 Å². The summed E-state index contributed by atoms with van der Waals surface area (Å²) in [5.74, 6) is -0.476. The van der Waals surface area contributed by atoms with Crippen molar-refractivity contribution in [1.82, 2.24) is 0 Å². The van der Waals surface area contributed by atoms with E-state index in [1.165, 1.54) is 25.3 Å². The molecule has 2 unspecified atom stereocenters. The van der Waals surface area contributed by atoms with Crippen LogP contribution in [0.5, 0.6) is 0 Å². The number of anilines is 1. The normalized spacial score (nSPS) is 22.3. The second-order valence-corrected chi connectivity index (χ2v) is 4.86. The lowest BCUT2D eigenvalue weighted by Gasteiger charge is -2.22. The molecule has 0 aromatic heterocycles. The van der Waals surface area contributed by atoms with Crippen molar-refractivity contribution in [3.05, 3.63) is 29.6 Å². The Balaban J connectivity index is 2.23. The molecule has 1 aliphatic carbocycles. The van der Waals surface area contributed by atoms with Crippen molar-refractivity contribution >= 4 is 11.7 Å². The van der Waals surface area contributed by atoms with Gasteiger partial charge in [-0.15, -0.1) is 0 Å². The van der Waals surface area contributed by atoms with Crippen molar-refractivity contribution in [1.29, 1.82) is 0 Å². The van der Waals surface area contributed by atoms with Gasteiger partial charge in [-0.05, 0) is 43.5 Å². The predicted octanol–water partition coefficient (Wildman–Crippen LogP) is 2.15. The first-order valence-electron chi connectivity index (χ1n) is 6.50. The van der Waals surface area contributed by atoms with Gasteiger partial charge in [-0.25, -0.2) is 9.18 Å². The summed E-state index contributed by atoms with van der Waals surface area (Å²) in [6.07, 6.45) is 3.15. The Morgan fingerprint density at radius 3 is 3.00 bits per heavy atom. The van der Waals surface area contributed by atoms with E-state index in [1.807, 2.05) is 0 Å². The fourth-order valence-corrected chi connectivity index (χ4v) is 2.63. The van der Waals surface area contributed by atoms with E-state index >= 15 is 0 Å². The van der Waals surface area contributed by atoms with E-state index in [0.29, 0.717) is 23.7 Å². The lowest BCUT2D eigenvalue weighted by Crippen LogP contribution is -2.30. The Bertz CT molecular complexity index is 465. The molecule has 1 aromatic carbocycles. The van der Waals surface area contributed by atoms with Crippen LogP contribution in [-0.4, -0.2) is 25.7 Å². The summed E-state index contributed by atoms with van der Waals surface area (Å²) >= 11 is 0. The number of hydrogen-bond acceptors (Lipinski definition) is 4. The molecule has 1 saturated carbocycles. The van der Waals surface area contributed by atoms with Gasteiger partial charge >= 0.3 is 5.97 Å². The van der Waals surface area contributed by atoms with Crippen molar-refractivity contribution < 1.29 is 13.9 Å². The highest BCUT2D eigenvalue weighted by molar-refractivity contribution is 5.95. The molecule has 0 radical (unpaired) electrons. The molecule has 2 rings (SSSR count). The molecule has 0 bridgehead atoms. The van der Waals surface area contributed by atoms with E-state index in [-0.39, 0.29) is 11.9 Å². The Labute approximate surface area is 112 Å². The first-order valence-corrected chi connectivity index (χ1v) is 6.50. The summed E-state index contributed by atoms with van der Waals surface area (Å²) in [6, 6.07) is 4.22. The fraction of sp³-hybridized carbons (Fsp3) is 0.500. The lowest BCUT2D eigenvalue weighted by atomic mass is 10.0. The summed E-state index contributed by atoms with van der Waals surface area (Å²) in [6.45, 7) is 0.598. The van der Waals surface area contributed by atoms with E-state index < -0.39 is 5.97 Å². The summed E-state index contributed by atoms with van der Waals surface area (Å²) in [5.41, 5.74) is 6.56. The number of hydrogen-bond donors (Lipinski definition) is 2. The van der Waals surface area contributed by atoms with Gasteiger partial charge < -0.3 is 15.8 Å². The minimum absolute atomic E-state index is 0.190. The highest BCUT2D eigenvalue weighted by atomic mass is 19.1. The minimum atomic E-state index is -0.468. The van der Waals surface area contributed by atoms with Crippen molar-refractivity contribution in [3.8, 4) is 0 Å². The maximum Gasteiger partial charge on any atom is 0.339 e. The number of carbonyl (C=O) groups excluding carboxylic acids is 1. The highest BCUT2D eigenvalue weighted by Crippen LogP contribution is 2.29. The molecule has 0 amide bonds. The molecular formula is C14H19FN2O2. The summed E-state index contributed by atoms with van der Waals surface area (Å²) in [7, 11) is 1.31. The third-order valence-corrected chi connectivity index (χ3v) is 3.69. The lowest BCUT2D eigenvalue weighted by molar-refractivity contribution is 0.0601. The highest BCUT2D eigenvalue weighted by Gasteiger charge is 2.27. The second-order valence-electron chi connectivity index (χ2n) is 4.86. The number of carbonyl (C=O) groups is 1. The monoisotopic (exact) mass is 266 g/mol. The van der Waals surface area contributed by atoms with Crippen molar-refractivity contribution in [2.24, 2.45) is 11.7 Å². The number of benzene rings is 1. The van der Waals surface area contributed by atoms with Crippen molar-refractivity contribution in [2.75, 3.05) is 19.0 Å². The quantitative estimate of drug-likeness (QED) is 0.820. The van der Waals surface area contributed by atoms with Crippen molar-refractivity contribution in [3.63, 3.8) is 0 Å². The number of methoxy groups -OCH3 is 1. The van der Waals surface area contributed by atoms with Crippen LogP contribution >= 0.6 is 0 Å². The molecule has 5 heteroatoms. The number of halogens is 1. The molecule has 19 heavy (non-hydrogen) atoms. The van der Waals surface area contributed by atoms with E-state index in [4.69, 9.17) is 10.5 Å². The molecule has 104 valence electrons. The summed E-state index contributed by atoms with van der Waals surface area (Å²) < 4.78 is 18.1. The SMILES string of the molecule is COC(=O)c1ccc(F)cc1NC1CCCC1CN. The van der Waals surface area contributed by atoms with E-state index in [1.54, 1.807) is 0 Å². The van der Waals surface area contributed by atoms with Crippen LogP contribution in [0.3, 0.4) is 0 Å². The van der Waals surface area contributed by atoms with Crippen LogP contribution < -0.4 is 11.1 Å². The van der Waals surface area contributed by atoms with Crippen LogP contribution in [0.4, 0.5) is 10.1 Å². The molecule has 0 aliphatic heterocycles. The zero-order chi connectivity index (χ0) is 13.8. The van der Waals surface area contributed by atoms with Gasteiger partial charge in [-0.2, -0.15) is 0 Å². The standard InChI is InChI=1S/C14H19FN2O2/c1-19-14(18)11-6-5-10(15)7-13(11)17-12-4-2-3-9(12)8-16/h5-7,9,12,17H,2-4,8,16H2,1H3. The third-order valence-electron chi connectivity index (χ3n) is 3.69. The molecule has 0 spiro atoms. The topological polar surface area (TPSA) is 64.3 Å². The minimum Gasteiger partial charge on any atom is -0.465 e. The molecule has 1 aromatic rings. The first-order chi connectivity index (χ1) is 9.15. The molecular weight excluding hydrogens is 247 g/mol. The number of nitrogens with one attached hydrogen (secondary N) is 1. The maximum absolute atomic E-state index is 13.4. The Morgan fingerprint density at radius 2 is 2.32 bits per heavy atom. The summed E-state index contributed by atoms with van der Waals surface area (Å²) in [4.78, 5) is 11.7.